The molecule has 2 aromatic rings. The van der Waals surface area contributed by atoms with Crippen LogP contribution in [-0.2, 0) is 13.5 Å². The fraction of sp³-hybridized carbons (Fsp3) is 0.273. The van der Waals surface area contributed by atoms with Gasteiger partial charge in [-0.3, -0.25) is 4.68 Å². The molecule has 0 spiro atoms. The molecule has 76 valence electrons. The highest BCUT2D eigenvalue weighted by Crippen LogP contribution is 2.32. The average molecular weight is 200 g/mol. The molecule has 1 N–H and O–H groups in total. The molecule has 2 heterocycles. The molecule has 0 amide bonds. The molecule has 1 aliphatic heterocycles. The average Bonchev–Trinajstić information content (AvgIpc) is 2.82. The Bertz CT molecular complexity index is 464. The molecule has 1 aromatic carbocycles. The van der Waals surface area contributed by atoms with E-state index in [0.717, 1.165) is 12.1 Å². The Hall–Kier alpha value is -1.84. The zero-order valence-electron chi connectivity index (χ0n) is 8.51. The summed E-state index contributed by atoms with van der Waals surface area (Å²) in [6.45, 7) is 0. The molecule has 0 radical (unpaired) electrons. The van der Waals surface area contributed by atoms with Gasteiger partial charge in [-0.2, -0.15) is 0 Å². The van der Waals surface area contributed by atoms with Crippen molar-refractivity contribution in [3.05, 3.63) is 41.7 Å². The van der Waals surface area contributed by atoms with Crippen LogP contribution in [0.2, 0.25) is 0 Å². The predicted molar refractivity (Wildman–Crippen MR) is 57.5 cm³/mol. The Kier molecular flexibility index (Phi) is 1.74. The van der Waals surface area contributed by atoms with Crippen LogP contribution in [0.4, 0.5) is 5.69 Å². The molecule has 4 heteroatoms. The van der Waals surface area contributed by atoms with Gasteiger partial charge in [0.25, 0.3) is 0 Å². The van der Waals surface area contributed by atoms with Crippen molar-refractivity contribution in [1.29, 1.82) is 0 Å². The van der Waals surface area contributed by atoms with Gasteiger partial charge in [0.2, 0.25) is 0 Å². The van der Waals surface area contributed by atoms with Crippen LogP contribution >= 0.6 is 0 Å². The SMILES string of the molecule is Cn1nncc1C1Cc2ccccc2N1. The number of aryl methyl sites for hydroxylation is 1. The van der Waals surface area contributed by atoms with Gasteiger partial charge in [-0.15, -0.1) is 5.10 Å². The van der Waals surface area contributed by atoms with Crippen molar-refractivity contribution in [2.75, 3.05) is 5.32 Å². The van der Waals surface area contributed by atoms with Gasteiger partial charge in [-0.05, 0) is 11.6 Å². The molecule has 0 aliphatic carbocycles. The van der Waals surface area contributed by atoms with Crippen LogP contribution in [0.5, 0.6) is 0 Å². The van der Waals surface area contributed by atoms with Gasteiger partial charge in [-0.25, -0.2) is 0 Å². The molecule has 15 heavy (non-hydrogen) atoms. The first-order chi connectivity index (χ1) is 7.34. The Labute approximate surface area is 87.9 Å². The summed E-state index contributed by atoms with van der Waals surface area (Å²) in [6, 6.07) is 8.70. The standard InChI is InChI=1S/C11H12N4/c1-15-11(7-12-14-15)10-6-8-4-2-3-5-9(8)13-10/h2-5,7,10,13H,6H2,1H3. The molecule has 1 aliphatic rings. The number of para-hydroxylation sites is 1. The fourth-order valence-electron chi connectivity index (χ4n) is 2.09. The maximum Gasteiger partial charge on any atom is 0.0809 e. The van der Waals surface area contributed by atoms with E-state index in [2.05, 4.69) is 39.9 Å². The van der Waals surface area contributed by atoms with E-state index in [4.69, 9.17) is 0 Å². The summed E-state index contributed by atoms with van der Waals surface area (Å²) in [5.74, 6) is 0. The predicted octanol–water partition coefficient (Wildman–Crippen LogP) is 1.52. The second-order valence-electron chi connectivity index (χ2n) is 3.84. The lowest BCUT2D eigenvalue weighted by molar-refractivity contribution is 0.641. The van der Waals surface area contributed by atoms with Crippen molar-refractivity contribution >= 4 is 5.69 Å². The van der Waals surface area contributed by atoms with Crippen LogP contribution in [0.15, 0.2) is 30.5 Å². The number of hydrogen-bond donors (Lipinski definition) is 1. The topological polar surface area (TPSA) is 42.7 Å². The van der Waals surface area contributed by atoms with Gasteiger partial charge in [-0.1, -0.05) is 23.4 Å². The van der Waals surface area contributed by atoms with Gasteiger partial charge in [0.05, 0.1) is 17.9 Å². The monoisotopic (exact) mass is 200 g/mol. The van der Waals surface area contributed by atoms with Crippen molar-refractivity contribution in [2.24, 2.45) is 7.05 Å². The maximum atomic E-state index is 3.95. The minimum absolute atomic E-state index is 0.308. The molecule has 0 saturated heterocycles. The summed E-state index contributed by atoms with van der Waals surface area (Å²) in [6.07, 6.45) is 2.83. The molecule has 1 unspecified atom stereocenters. The van der Waals surface area contributed by atoms with E-state index < -0.39 is 0 Å². The molecule has 0 saturated carbocycles. The van der Waals surface area contributed by atoms with E-state index in [-0.39, 0.29) is 0 Å². The van der Waals surface area contributed by atoms with E-state index in [1.807, 2.05) is 17.9 Å². The molecule has 0 fully saturated rings. The van der Waals surface area contributed by atoms with Crippen LogP contribution in [-0.4, -0.2) is 15.0 Å². The number of anilines is 1. The van der Waals surface area contributed by atoms with Crippen molar-refractivity contribution in [3.8, 4) is 0 Å². The number of hydrogen-bond acceptors (Lipinski definition) is 3. The van der Waals surface area contributed by atoms with Crippen molar-refractivity contribution < 1.29 is 0 Å². The number of aromatic nitrogens is 3. The lowest BCUT2D eigenvalue weighted by Crippen LogP contribution is -2.10. The van der Waals surface area contributed by atoms with E-state index in [0.29, 0.717) is 6.04 Å². The van der Waals surface area contributed by atoms with Crippen LogP contribution in [0.1, 0.15) is 17.3 Å². The zero-order valence-corrected chi connectivity index (χ0v) is 8.51. The van der Waals surface area contributed by atoms with Crippen molar-refractivity contribution in [2.45, 2.75) is 12.5 Å². The Morgan fingerprint density at radius 2 is 2.27 bits per heavy atom. The molecule has 0 bridgehead atoms. The van der Waals surface area contributed by atoms with Gasteiger partial charge >= 0.3 is 0 Å². The molecule has 1 atom stereocenters. The number of nitrogens with zero attached hydrogens (tertiary/aromatic N) is 3. The maximum absolute atomic E-state index is 3.95. The second-order valence-corrected chi connectivity index (χ2v) is 3.84. The third-order valence-corrected chi connectivity index (χ3v) is 2.88. The highest BCUT2D eigenvalue weighted by Gasteiger charge is 2.23. The number of fused-ring (bicyclic) bond motifs is 1. The first-order valence-corrected chi connectivity index (χ1v) is 5.03. The van der Waals surface area contributed by atoms with Crippen LogP contribution in [0.25, 0.3) is 0 Å². The molecular weight excluding hydrogens is 188 g/mol. The van der Waals surface area contributed by atoms with Crippen molar-refractivity contribution in [1.82, 2.24) is 15.0 Å². The summed E-state index contributed by atoms with van der Waals surface area (Å²) < 4.78 is 1.82. The van der Waals surface area contributed by atoms with E-state index in [1.54, 1.807) is 0 Å². The minimum atomic E-state index is 0.308. The minimum Gasteiger partial charge on any atom is -0.376 e. The highest BCUT2D eigenvalue weighted by atomic mass is 15.4. The summed E-state index contributed by atoms with van der Waals surface area (Å²) in [5, 5.41) is 11.3. The molecule has 3 rings (SSSR count). The molecular formula is C11H12N4. The second kappa shape index (κ2) is 3.08. The normalized spacial score (nSPS) is 18.6. The van der Waals surface area contributed by atoms with Crippen LogP contribution in [0.3, 0.4) is 0 Å². The van der Waals surface area contributed by atoms with E-state index in [1.165, 1.54) is 11.3 Å². The van der Waals surface area contributed by atoms with Gasteiger partial charge in [0, 0.05) is 19.2 Å². The lowest BCUT2D eigenvalue weighted by Gasteiger charge is -2.09. The summed E-state index contributed by atoms with van der Waals surface area (Å²) in [7, 11) is 1.92. The quantitative estimate of drug-likeness (QED) is 0.759. The first-order valence-electron chi connectivity index (χ1n) is 5.03. The van der Waals surface area contributed by atoms with E-state index in [9.17, 15) is 0 Å². The lowest BCUT2D eigenvalue weighted by atomic mass is 10.1. The largest absolute Gasteiger partial charge is 0.376 e. The Morgan fingerprint density at radius 1 is 1.40 bits per heavy atom. The molecule has 1 aromatic heterocycles. The zero-order chi connectivity index (χ0) is 10.3. The Balaban J connectivity index is 1.94. The van der Waals surface area contributed by atoms with E-state index >= 15 is 0 Å². The van der Waals surface area contributed by atoms with Gasteiger partial charge < -0.3 is 5.32 Å². The van der Waals surface area contributed by atoms with Crippen LogP contribution in [0, 0.1) is 0 Å². The summed E-state index contributed by atoms with van der Waals surface area (Å²) >= 11 is 0. The Morgan fingerprint density at radius 3 is 3.00 bits per heavy atom. The highest BCUT2D eigenvalue weighted by molar-refractivity contribution is 5.57. The van der Waals surface area contributed by atoms with Gasteiger partial charge in [0.15, 0.2) is 0 Å². The third-order valence-electron chi connectivity index (χ3n) is 2.88. The van der Waals surface area contributed by atoms with Gasteiger partial charge in [0.1, 0.15) is 0 Å². The van der Waals surface area contributed by atoms with Crippen molar-refractivity contribution in [3.63, 3.8) is 0 Å². The number of benzene rings is 1. The van der Waals surface area contributed by atoms with Crippen LogP contribution < -0.4 is 5.32 Å². The fourth-order valence-corrected chi connectivity index (χ4v) is 2.09. The molecule has 4 nitrogen and oxygen atoms in total. The first kappa shape index (κ1) is 8.47. The summed E-state index contributed by atoms with van der Waals surface area (Å²) in [4.78, 5) is 0. The number of nitrogens with one attached hydrogen (secondary N) is 1. The number of rotatable bonds is 1. The summed E-state index contributed by atoms with van der Waals surface area (Å²) in [5.41, 5.74) is 3.72. The third kappa shape index (κ3) is 1.29. The smallest absolute Gasteiger partial charge is 0.0809 e.